The van der Waals surface area contributed by atoms with Gasteiger partial charge in [0.05, 0.1) is 17.7 Å². The molecule has 0 atom stereocenters. The van der Waals surface area contributed by atoms with Crippen molar-refractivity contribution in [1.82, 2.24) is 9.55 Å². The van der Waals surface area contributed by atoms with Crippen LogP contribution in [-0.4, -0.2) is 34.8 Å². The van der Waals surface area contributed by atoms with Crippen molar-refractivity contribution >= 4 is 21.7 Å². The van der Waals surface area contributed by atoms with Gasteiger partial charge in [0.2, 0.25) is 10.0 Å². The maximum absolute atomic E-state index is 11.6. The average molecular weight is 281 g/mol. The Kier molecular flexibility index (Phi) is 3.52. The van der Waals surface area contributed by atoms with Crippen molar-refractivity contribution in [3.05, 3.63) is 43.0 Å². The molecule has 1 aromatic carbocycles. The Morgan fingerprint density at radius 2 is 2.11 bits per heavy atom. The SMILES string of the molecule is O=C(O)CS(=O)(=O)Nc1ccccc1-n1ccnc1. The monoisotopic (exact) mass is 281 g/mol. The van der Waals surface area contributed by atoms with E-state index < -0.39 is 21.7 Å². The zero-order chi connectivity index (χ0) is 13.9. The molecule has 0 aliphatic heterocycles. The molecule has 0 spiro atoms. The van der Waals surface area contributed by atoms with Crippen LogP contribution in [0.3, 0.4) is 0 Å². The van der Waals surface area contributed by atoms with E-state index in [4.69, 9.17) is 5.11 Å². The summed E-state index contributed by atoms with van der Waals surface area (Å²) in [5.41, 5.74) is 0.857. The van der Waals surface area contributed by atoms with E-state index in [0.29, 0.717) is 11.4 Å². The first kappa shape index (κ1) is 13.1. The van der Waals surface area contributed by atoms with Gasteiger partial charge in [-0.1, -0.05) is 12.1 Å². The molecule has 0 radical (unpaired) electrons. The zero-order valence-electron chi connectivity index (χ0n) is 9.72. The number of benzene rings is 1. The number of hydrogen-bond acceptors (Lipinski definition) is 4. The van der Waals surface area contributed by atoms with Crippen LogP contribution in [0.1, 0.15) is 0 Å². The normalized spacial score (nSPS) is 11.2. The molecule has 0 amide bonds. The number of nitrogens with one attached hydrogen (secondary N) is 1. The summed E-state index contributed by atoms with van der Waals surface area (Å²) in [6.07, 6.45) is 4.73. The van der Waals surface area contributed by atoms with Crippen molar-refractivity contribution in [2.24, 2.45) is 0 Å². The second-order valence-corrected chi connectivity index (χ2v) is 5.46. The number of nitrogens with zero attached hydrogens (tertiary/aromatic N) is 2. The van der Waals surface area contributed by atoms with E-state index in [2.05, 4.69) is 9.71 Å². The molecule has 0 saturated heterocycles. The highest BCUT2D eigenvalue weighted by molar-refractivity contribution is 7.93. The Balaban J connectivity index is 2.34. The maximum atomic E-state index is 11.6. The van der Waals surface area contributed by atoms with Crippen LogP contribution in [-0.2, 0) is 14.8 Å². The van der Waals surface area contributed by atoms with Crippen LogP contribution in [0.25, 0.3) is 5.69 Å². The number of anilines is 1. The molecule has 7 nitrogen and oxygen atoms in total. The van der Waals surface area contributed by atoms with Gasteiger partial charge in [0.15, 0.2) is 5.75 Å². The number of para-hydroxylation sites is 2. The van der Waals surface area contributed by atoms with Crippen molar-refractivity contribution in [2.45, 2.75) is 0 Å². The Labute approximate surface area is 109 Å². The van der Waals surface area contributed by atoms with Crippen LogP contribution in [0, 0.1) is 0 Å². The number of aromatic nitrogens is 2. The summed E-state index contributed by atoms with van der Waals surface area (Å²) in [6.45, 7) is 0. The van der Waals surface area contributed by atoms with Gasteiger partial charge >= 0.3 is 5.97 Å². The first-order chi connectivity index (χ1) is 8.98. The van der Waals surface area contributed by atoms with E-state index in [1.54, 1.807) is 41.2 Å². The van der Waals surface area contributed by atoms with E-state index in [1.807, 2.05) is 0 Å². The summed E-state index contributed by atoms with van der Waals surface area (Å²) in [5, 5.41) is 8.55. The molecular formula is C11H11N3O4S. The smallest absolute Gasteiger partial charge is 0.320 e. The van der Waals surface area contributed by atoms with Crippen LogP contribution < -0.4 is 4.72 Å². The van der Waals surface area contributed by atoms with Crippen LogP contribution in [0.15, 0.2) is 43.0 Å². The summed E-state index contributed by atoms with van der Waals surface area (Å²) in [7, 11) is -3.93. The van der Waals surface area contributed by atoms with Crippen molar-refractivity contribution in [3.8, 4) is 5.69 Å². The predicted molar refractivity (Wildman–Crippen MR) is 68.6 cm³/mol. The number of carboxylic acid groups (broad SMARTS) is 1. The van der Waals surface area contributed by atoms with Gasteiger partial charge in [0.1, 0.15) is 0 Å². The Morgan fingerprint density at radius 1 is 1.37 bits per heavy atom. The lowest BCUT2D eigenvalue weighted by Crippen LogP contribution is -2.23. The lowest BCUT2D eigenvalue weighted by atomic mass is 10.3. The number of sulfonamides is 1. The number of imidazole rings is 1. The summed E-state index contributed by atoms with van der Waals surface area (Å²) < 4.78 is 27.1. The highest BCUT2D eigenvalue weighted by Crippen LogP contribution is 2.20. The molecule has 0 aliphatic rings. The predicted octanol–water partition coefficient (Wildman–Crippen LogP) is 0.699. The Hall–Kier alpha value is -2.35. The fourth-order valence-electron chi connectivity index (χ4n) is 1.55. The van der Waals surface area contributed by atoms with Crippen LogP contribution in [0.2, 0.25) is 0 Å². The number of rotatable bonds is 5. The number of aliphatic carboxylic acids is 1. The molecule has 0 fully saturated rings. The molecule has 100 valence electrons. The molecule has 8 heteroatoms. The average Bonchev–Trinajstić information content (AvgIpc) is 2.80. The highest BCUT2D eigenvalue weighted by Gasteiger charge is 2.17. The van der Waals surface area contributed by atoms with Crippen molar-refractivity contribution in [1.29, 1.82) is 0 Å². The van der Waals surface area contributed by atoms with Crippen LogP contribution in [0.5, 0.6) is 0 Å². The fourth-order valence-corrected chi connectivity index (χ4v) is 2.46. The van der Waals surface area contributed by atoms with Gasteiger partial charge in [-0.05, 0) is 12.1 Å². The molecule has 0 unspecified atom stereocenters. The highest BCUT2D eigenvalue weighted by atomic mass is 32.2. The molecule has 2 N–H and O–H groups in total. The standard InChI is InChI=1S/C11H11N3O4S/c15-11(16)7-19(17,18)13-9-3-1-2-4-10(9)14-6-5-12-8-14/h1-6,8,13H,7H2,(H,15,16). The number of carboxylic acids is 1. The fraction of sp³-hybridized carbons (Fsp3) is 0.0909. The van der Waals surface area contributed by atoms with E-state index in [-0.39, 0.29) is 0 Å². The van der Waals surface area contributed by atoms with Crippen molar-refractivity contribution in [2.75, 3.05) is 10.5 Å². The molecule has 19 heavy (non-hydrogen) atoms. The van der Waals surface area contributed by atoms with Crippen molar-refractivity contribution in [3.63, 3.8) is 0 Å². The van der Waals surface area contributed by atoms with Crippen molar-refractivity contribution < 1.29 is 18.3 Å². The quantitative estimate of drug-likeness (QED) is 0.840. The van der Waals surface area contributed by atoms with Crippen LogP contribution in [0.4, 0.5) is 5.69 Å². The van der Waals surface area contributed by atoms with Gasteiger partial charge in [-0.3, -0.25) is 9.52 Å². The summed E-state index contributed by atoms with van der Waals surface area (Å²) in [6, 6.07) is 6.64. The van der Waals surface area contributed by atoms with Gasteiger partial charge in [0, 0.05) is 12.4 Å². The van der Waals surface area contributed by atoms with Gasteiger partial charge < -0.3 is 9.67 Å². The molecule has 0 bridgehead atoms. The minimum Gasteiger partial charge on any atom is -0.480 e. The number of hydrogen-bond donors (Lipinski definition) is 2. The molecular weight excluding hydrogens is 270 g/mol. The first-order valence-electron chi connectivity index (χ1n) is 5.27. The molecule has 0 saturated carbocycles. The first-order valence-corrected chi connectivity index (χ1v) is 6.93. The second kappa shape index (κ2) is 5.11. The largest absolute Gasteiger partial charge is 0.480 e. The van der Waals surface area contributed by atoms with Gasteiger partial charge in [-0.2, -0.15) is 0 Å². The minimum absolute atomic E-state index is 0.293. The summed E-state index contributed by atoms with van der Waals surface area (Å²) >= 11 is 0. The van der Waals surface area contributed by atoms with E-state index in [1.165, 1.54) is 6.33 Å². The van der Waals surface area contributed by atoms with E-state index in [9.17, 15) is 13.2 Å². The summed E-state index contributed by atoms with van der Waals surface area (Å²) in [4.78, 5) is 14.4. The third-order valence-electron chi connectivity index (χ3n) is 2.27. The molecule has 1 heterocycles. The molecule has 2 rings (SSSR count). The maximum Gasteiger partial charge on any atom is 0.320 e. The second-order valence-electron chi connectivity index (χ2n) is 3.74. The van der Waals surface area contributed by atoms with Gasteiger partial charge in [-0.25, -0.2) is 13.4 Å². The molecule has 0 aliphatic carbocycles. The lowest BCUT2D eigenvalue weighted by molar-refractivity contribution is -0.134. The van der Waals surface area contributed by atoms with E-state index >= 15 is 0 Å². The van der Waals surface area contributed by atoms with Gasteiger partial charge in [0.25, 0.3) is 0 Å². The van der Waals surface area contributed by atoms with Crippen LogP contribution >= 0.6 is 0 Å². The Bertz CT molecular complexity index is 680. The third-order valence-corrected chi connectivity index (χ3v) is 3.42. The zero-order valence-corrected chi connectivity index (χ0v) is 10.5. The van der Waals surface area contributed by atoms with Gasteiger partial charge in [-0.15, -0.1) is 0 Å². The lowest BCUT2D eigenvalue weighted by Gasteiger charge is -2.11. The summed E-state index contributed by atoms with van der Waals surface area (Å²) in [5.74, 6) is -2.39. The molecule has 1 aromatic heterocycles. The Morgan fingerprint density at radius 3 is 2.74 bits per heavy atom. The number of carbonyl (C=O) groups is 1. The minimum atomic E-state index is -3.93. The third kappa shape index (κ3) is 3.32. The van der Waals surface area contributed by atoms with E-state index in [0.717, 1.165) is 0 Å². The molecule has 2 aromatic rings. The topological polar surface area (TPSA) is 101 Å².